The van der Waals surface area contributed by atoms with Gasteiger partial charge in [-0.3, -0.25) is 8.63 Å². The molecular formula is C41H47B4F4O8P2Rh. The third-order valence-electron chi connectivity index (χ3n) is 7.65. The van der Waals surface area contributed by atoms with Crippen LogP contribution in [0.5, 0.6) is 0 Å². The largest absolute Gasteiger partial charge is 3.00 e. The molecule has 60 heavy (non-hydrogen) atoms. The van der Waals surface area contributed by atoms with Crippen LogP contribution in [0.25, 0.3) is 0 Å². The average Bonchev–Trinajstić information content (AvgIpc) is 3.18. The van der Waals surface area contributed by atoms with Crippen molar-refractivity contribution in [2.75, 3.05) is 6.16 Å². The third-order valence-corrected chi connectivity index (χ3v) is 13.4. The van der Waals surface area contributed by atoms with Gasteiger partial charge in [0.1, 0.15) is 7.40 Å². The van der Waals surface area contributed by atoms with E-state index in [-0.39, 0.29) is 19.5 Å². The van der Waals surface area contributed by atoms with Gasteiger partial charge in [0.2, 0.25) is 0 Å². The summed E-state index contributed by atoms with van der Waals surface area (Å²) in [6, 6.07) is 55.8. The molecule has 0 radical (unpaired) electrons. The second-order valence-corrected chi connectivity index (χ2v) is 16.8. The zero-order valence-corrected chi connectivity index (χ0v) is 36.0. The first-order valence-electron chi connectivity index (χ1n) is 18.4. The van der Waals surface area contributed by atoms with Gasteiger partial charge in [0, 0.05) is 0 Å². The van der Waals surface area contributed by atoms with E-state index < -0.39 is 45.4 Å². The molecule has 5 aromatic carbocycles. The van der Waals surface area contributed by atoms with Crippen molar-refractivity contribution in [1.29, 1.82) is 0 Å². The molecule has 0 spiro atoms. The molecule has 318 valence electrons. The second kappa shape index (κ2) is 36.4. The minimum Gasteiger partial charge on any atom is -0.867 e. The average molecular weight is 952 g/mol. The summed E-state index contributed by atoms with van der Waals surface area (Å²) >= 11 is 0. The maximum atomic E-state index is 10.1. The summed E-state index contributed by atoms with van der Waals surface area (Å²) in [7, 11) is -12.4. The number of rotatable bonds is 9. The normalized spacial score (nSPS) is 11.5. The Hall–Kier alpha value is -3.28. The van der Waals surface area contributed by atoms with E-state index in [2.05, 4.69) is 176 Å². The molecule has 19 heteroatoms. The zero-order chi connectivity index (χ0) is 43.7. The number of hydrogen-bond donors (Lipinski definition) is 5. The number of hydrogen-bond acceptors (Lipinski definition) is 8. The molecule has 0 heterocycles. The molecule has 1 aliphatic carbocycles. The first-order valence-corrected chi connectivity index (χ1v) is 21.3. The summed E-state index contributed by atoms with van der Waals surface area (Å²) < 4.78 is 40.1. The minimum atomic E-state index is -3.17. The smallest absolute Gasteiger partial charge is 0.867 e. The fourth-order valence-corrected chi connectivity index (χ4v) is 11.5. The van der Waals surface area contributed by atoms with E-state index in [0.29, 0.717) is 5.66 Å². The van der Waals surface area contributed by atoms with Crippen molar-refractivity contribution in [2.24, 2.45) is 0 Å². The summed E-state index contributed by atoms with van der Waals surface area (Å²) in [6.07, 6.45) is 16.2. The van der Waals surface area contributed by atoms with Gasteiger partial charge in [-0.2, -0.15) is 0 Å². The van der Waals surface area contributed by atoms with Crippen LogP contribution in [0.2, 0.25) is 0 Å². The molecule has 1 aliphatic rings. The Balaban J connectivity index is 0.00000114. The van der Waals surface area contributed by atoms with Gasteiger partial charge in [-0.1, -0.05) is 176 Å². The molecule has 0 fully saturated rings. The van der Waals surface area contributed by atoms with Crippen molar-refractivity contribution < 1.29 is 76.9 Å². The standard InChI is InChI=1S/C33H30P2.C8H12.2BFH2O2.BFHO2.BFO2.Rh/c1-6-16-28(17-7-1)26-33(35(31-22-12-4-13-23-31)32-24-14-5-15-25-32)27-34(29-18-8-2-9-19-29)30-20-10-3-11-21-30;1-2-4-6-8-7-5-3-1;4*2-1(3)4;/h1-25,33H,26-27H2;1-4H,5-8H2;2*3-4H;3H;;/q;;;;-1;-2;+3/t33-;;;;;;/m0....../s1. The Morgan fingerprint density at radius 1 is 0.500 bits per heavy atom. The molecule has 0 unspecified atom stereocenters. The Morgan fingerprint density at radius 3 is 1.07 bits per heavy atom. The maximum absolute atomic E-state index is 10.1. The van der Waals surface area contributed by atoms with Gasteiger partial charge in [0.15, 0.2) is 0 Å². The molecule has 6 rings (SSSR count). The number of halogens is 4. The van der Waals surface area contributed by atoms with Gasteiger partial charge in [0.05, 0.1) is 0 Å². The summed E-state index contributed by atoms with van der Waals surface area (Å²) in [5.74, 6) is 0. The molecule has 0 aliphatic heterocycles. The van der Waals surface area contributed by atoms with Crippen LogP contribution in [0.15, 0.2) is 176 Å². The molecule has 0 bridgehead atoms. The molecule has 1 atom stereocenters. The van der Waals surface area contributed by atoms with Gasteiger partial charge in [-0.05, 0) is 86.5 Å². The first kappa shape index (κ1) is 56.7. The van der Waals surface area contributed by atoms with Crippen LogP contribution in [0.4, 0.5) is 17.3 Å². The third kappa shape index (κ3) is 29.9. The molecule has 0 aromatic heterocycles. The van der Waals surface area contributed by atoms with Gasteiger partial charge >= 0.3 is 41.7 Å². The Bertz CT molecular complexity index is 1640. The quantitative estimate of drug-likeness (QED) is 0.0852. The van der Waals surface area contributed by atoms with Crippen molar-refractivity contribution in [1.82, 2.24) is 0 Å². The summed E-state index contributed by atoms with van der Waals surface area (Å²) in [5, 5.41) is 65.5. The van der Waals surface area contributed by atoms with Crippen LogP contribution in [0.3, 0.4) is 0 Å². The second-order valence-electron chi connectivity index (χ2n) is 12.0. The maximum Gasteiger partial charge on any atom is 3.00 e. The van der Waals surface area contributed by atoms with Gasteiger partial charge < -0.3 is 48.8 Å². The Kier molecular flexibility index (Phi) is 34.4. The van der Waals surface area contributed by atoms with Gasteiger partial charge in [-0.15, -0.1) is 0 Å². The molecule has 0 saturated carbocycles. The molecular weight excluding hydrogens is 905 g/mol. The van der Waals surface area contributed by atoms with Crippen molar-refractivity contribution >= 4 is 66.6 Å². The van der Waals surface area contributed by atoms with Gasteiger partial charge in [-0.25, -0.2) is 0 Å². The molecule has 0 amide bonds. The van der Waals surface area contributed by atoms with E-state index in [9.17, 15) is 17.3 Å². The van der Waals surface area contributed by atoms with E-state index in [4.69, 9.17) is 40.2 Å². The monoisotopic (exact) mass is 952 g/mol. The predicted octanol–water partition coefficient (Wildman–Crippen LogP) is 3.34. The van der Waals surface area contributed by atoms with Crippen LogP contribution >= 0.6 is 15.8 Å². The molecule has 8 nitrogen and oxygen atoms in total. The van der Waals surface area contributed by atoms with E-state index in [1.54, 1.807) is 0 Å². The first-order chi connectivity index (χ1) is 28.3. The molecule has 0 saturated heterocycles. The van der Waals surface area contributed by atoms with Crippen LogP contribution in [0.1, 0.15) is 31.2 Å². The number of benzene rings is 5. The predicted molar refractivity (Wildman–Crippen MR) is 232 cm³/mol. The molecule has 5 aromatic rings. The van der Waals surface area contributed by atoms with Gasteiger partial charge in [0.25, 0.3) is 0 Å². The number of allylic oxidation sites excluding steroid dienone is 4. The summed E-state index contributed by atoms with van der Waals surface area (Å²) in [6.45, 7) is 0. The van der Waals surface area contributed by atoms with Crippen molar-refractivity contribution in [3.63, 3.8) is 0 Å². The summed E-state index contributed by atoms with van der Waals surface area (Å²) in [4.78, 5) is 0. The molecule has 5 N–H and O–H groups in total. The Labute approximate surface area is 367 Å². The fraction of sp³-hybridized carbons (Fsp3) is 0.171. The fourth-order valence-electron chi connectivity index (χ4n) is 5.53. The summed E-state index contributed by atoms with van der Waals surface area (Å²) in [5.41, 5.74) is 1.94. The van der Waals surface area contributed by atoms with E-state index in [0.717, 1.165) is 12.6 Å². The van der Waals surface area contributed by atoms with Crippen LogP contribution < -0.4 is 36.3 Å². The SMILES string of the molecule is C1=CCCCCC=C1.OB(O)F.OB(O)F.[O-]B(O)F.[O-]B([O-])F.[Rh+3].c1ccc(C[C@@H](CP(c2ccccc2)c2ccccc2)P(c2ccccc2)c2ccccc2)cc1. The van der Waals surface area contributed by atoms with Crippen LogP contribution in [-0.4, -0.2) is 66.5 Å². The zero-order valence-electron chi connectivity index (χ0n) is 32.6. The van der Waals surface area contributed by atoms with Crippen LogP contribution in [-0.2, 0) is 25.9 Å². The van der Waals surface area contributed by atoms with E-state index in [1.807, 2.05) is 0 Å². The minimum absolute atomic E-state index is 0. The topological polar surface area (TPSA) is 170 Å². The van der Waals surface area contributed by atoms with E-state index in [1.165, 1.54) is 52.5 Å². The Morgan fingerprint density at radius 2 is 0.767 bits per heavy atom. The van der Waals surface area contributed by atoms with Crippen molar-refractivity contribution in [3.05, 3.63) is 182 Å². The van der Waals surface area contributed by atoms with Crippen LogP contribution in [0, 0.1) is 0 Å². The van der Waals surface area contributed by atoms with E-state index >= 15 is 0 Å². The van der Waals surface area contributed by atoms with Crippen molar-refractivity contribution in [2.45, 2.75) is 37.8 Å². The van der Waals surface area contributed by atoms with Crippen molar-refractivity contribution in [3.8, 4) is 0 Å².